The van der Waals surface area contributed by atoms with Gasteiger partial charge in [0.2, 0.25) is 0 Å². The highest BCUT2D eigenvalue weighted by Crippen LogP contribution is 2.35. The number of methoxy groups -OCH3 is 1. The molecule has 0 fully saturated rings. The highest BCUT2D eigenvalue weighted by Gasteiger charge is 2.13. The van der Waals surface area contributed by atoms with Crippen molar-refractivity contribution in [3.05, 3.63) is 28.9 Å². The van der Waals surface area contributed by atoms with Crippen LogP contribution in [0, 0.1) is 0 Å². The fraction of sp³-hybridized carbons (Fsp3) is 0.100. The minimum absolute atomic E-state index is 0.496. The van der Waals surface area contributed by atoms with Crippen molar-refractivity contribution in [1.29, 1.82) is 0 Å². The summed E-state index contributed by atoms with van der Waals surface area (Å²) in [5.41, 5.74) is 6.99. The third kappa shape index (κ3) is 1.83. The van der Waals surface area contributed by atoms with E-state index in [1.807, 2.05) is 18.2 Å². The summed E-state index contributed by atoms with van der Waals surface area (Å²) in [7, 11) is 1.60. The molecule has 78 valence electrons. The third-order valence-electron chi connectivity index (χ3n) is 2.01. The second kappa shape index (κ2) is 3.94. The normalized spacial score (nSPS) is 10.3. The van der Waals surface area contributed by atoms with E-state index in [4.69, 9.17) is 15.0 Å². The topological polar surface area (TPSA) is 61.3 Å². The molecule has 0 bridgehead atoms. The zero-order valence-electron chi connectivity index (χ0n) is 8.03. The summed E-state index contributed by atoms with van der Waals surface area (Å²) < 4.78 is 11.2. The van der Waals surface area contributed by atoms with Crippen LogP contribution < -0.4 is 10.5 Å². The van der Waals surface area contributed by atoms with Crippen LogP contribution in [-0.2, 0) is 0 Å². The van der Waals surface area contributed by atoms with Crippen molar-refractivity contribution >= 4 is 21.6 Å². The lowest BCUT2D eigenvalue weighted by atomic mass is 10.1. The summed E-state index contributed by atoms with van der Waals surface area (Å²) in [5, 5.41) is 3.63. The highest BCUT2D eigenvalue weighted by molar-refractivity contribution is 9.10. The monoisotopic (exact) mass is 268 g/mol. The molecule has 0 amide bonds. The summed E-state index contributed by atoms with van der Waals surface area (Å²) in [6, 6.07) is 5.59. The van der Waals surface area contributed by atoms with E-state index >= 15 is 0 Å². The number of hydrogen-bond acceptors (Lipinski definition) is 4. The van der Waals surface area contributed by atoms with Crippen molar-refractivity contribution in [3.8, 4) is 17.1 Å². The lowest BCUT2D eigenvalue weighted by molar-refractivity contribution is 0.406. The quantitative estimate of drug-likeness (QED) is 0.910. The molecule has 0 radical (unpaired) electrons. The second-order valence-corrected chi connectivity index (χ2v) is 3.87. The van der Waals surface area contributed by atoms with E-state index in [2.05, 4.69) is 21.1 Å². The average Bonchev–Trinajstić information content (AvgIpc) is 2.64. The van der Waals surface area contributed by atoms with Crippen molar-refractivity contribution in [3.63, 3.8) is 0 Å². The molecule has 0 aliphatic rings. The van der Waals surface area contributed by atoms with Gasteiger partial charge in [-0.15, -0.1) is 0 Å². The zero-order chi connectivity index (χ0) is 10.8. The van der Waals surface area contributed by atoms with Gasteiger partial charge in [0.05, 0.1) is 18.9 Å². The molecule has 1 aromatic carbocycles. The lowest BCUT2D eigenvalue weighted by Gasteiger charge is -2.06. The number of nitrogens with zero attached hydrogens (tertiary/aromatic N) is 1. The Balaban J connectivity index is 2.58. The Kier molecular flexibility index (Phi) is 2.64. The van der Waals surface area contributed by atoms with Crippen molar-refractivity contribution in [2.45, 2.75) is 0 Å². The minimum atomic E-state index is 0.496. The first-order chi connectivity index (χ1) is 7.22. The standard InChI is InChI=1S/C10H9BrN2O2/c1-14-9-4-6(11)2-3-7(9)10-8(12)5-13-15-10/h2-5H,12H2,1H3. The Morgan fingerprint density at radius 2 is 2.27 bits per heavy atom. The molecule has 0 spiro atoms. The predicted molar refractivity (Wildman–Crippen MR) is 60.6 cm³/mol. The van der Waals surface area contributed by atoms with Crippen molar-refractivity contribution in [2.75, 3.05) is 12.8 Å². The zero-order valence-corrected chi connectivity index (χ0v) is 9.61. The van der Waals surface area contributed by atoms with Crippen molar-refractivity contribution in [2.24, 2.45) is 0 Å². The summed E-state index contributed by atoms with van der Waals surface area (Å²) >= 11 is 3.36. The number of aromatic nitrogens is 1. The van der Waals surface area contributed by atoms with Crippen LogP contribution in [0.15, 0.2) is 33.4 Å². The van der Waals surface area contributed by atoms with Crippen LogP contribution in [0.3, 0.4) is 0 Å². The number of halogens is 1. The first-order valence-electron chi connectivity index (χ1n) is 4.26. The molecule has 2 aromatic rings. The van der Waals surface area contributed by atoms with Gasteiger partial charge in [0.25, 0.3) is 0 Å². The van der Waals surface area contributed by atoms with Crippen LogP contribution in [0.2, 0.25) is 0 Å². The van der Waals surface area contributed by atoms with Gasteiger partial charge in [0.1, 0.15) is 11.4 Å². The largest absolute Gasteiger partial charge is 0.496 e. The molecule has 1 heterocycles. The number of hydrogen-bond donors (Lipinski definition) is 1. The lowest BCUT2D eigenvalue weighted by Crippen LogP contribution is -1.90. The molecule has 2 rings (SSSR count). The van der Waals surface area contributed by atoms with Gasteiger partial charge in [-0.1, -0.05) is 21.1 Å². The number of nitrogen functional groups attached to an aromatic ring is 1. The van der Waals surface area contributed by atoms with Crippen molar-refractivity contribution in [1.82, 2.24) is 5.16 Å². The van der Waals surface area contributed by atoms with E-state index in [0.29, 0.717) is 17.2 Å². The molecule has 5 heteroatoms. The second-order valence-electron chi connectivity index (χ2n) is 2.95. The maximum Gasteiger partial charge on any atom is 0.193 e. The van der Waals surface area contributed by atoms with E-state index in [-0.39, 0.29) is 0 Å². The predicted octanol–water partition coefficient (Wildman–Crippen LogP) is 2.69. The van der Waals surface area contributed by atoms with Gasteiger partial charge in [-0.3, -0.25) is 0 Å². The summed E-state index contributed by atoms with van der Waals surface area (Å²) in [6.07, 6.45) is 1.47. The molecule has 0 unspecified atom stereocenters. The van der Waals surface area contributed by atoms with Crippen LogP contribution >= 0.6 is 15.9 Å². The van der Waals surface area contributed by atoms with Gasteiger partial charge in [-0.05, 0) is 18.2 Å². The average molecular weight is 269 g/mol. The molecule has 0 aliphatic heterocycles. The fourth-order valence-electron chi connectivity index (χ4n) is 1.30. The maximum atomic E-state index is 5.71. The van der Waals surface area contributed by atoms with E-state index in [9.17, 15) is 0 Å². The molecule has 2 N–H and O–H groups in total. The molecule has 0 aliphatic carbocycles. The molecular weight excluding hydrogens is 260 g/mol. The van der Waals surface area contributed by atoms with Crippen molar-refractivity contribution < 1.29 is 9.26 Å². The molecule has 0 saturated heterocycles. The van der Waals surface area contributed by atoms with E-state index in [1.54, 1.807) is 7.11 Å². The van der Waals surface area contributed by atoms with E-state index in [0.717, 1.165) is 10.0 Å². The minimum Gasteiger partial charge on any atom is -0.496 e. The molecule has 0 atom stereocenters. The van der Waals surface area contributed by atoms with Crippen LogP contribution in [0.5, 0.6) is 5.75 Å². The van der Waals surface area contributed by atoms with Gasteiger partial charge < -0.3 is 15.0 Å². The van der Waals surface area contributed by atoms with Gasteiger partial charge in [0.15, 0.2) is 5.76 Å². The molecule has 0 saturated carbocycles. The van der Waals surface area contributed by atoms with Gasteiger partial charge in [-0.25, -0.2) is 0 Å². The summed E-state index contributed by atoms with van der Waals surface area (Å²) in [5.74, 6) is 1.21. The Hall–Kier alpha value is -1.49. The SMILES string of the molecule is COc1cc(Br)ccc1-c1oncc1N. The number of nitrogens with two attached hydrogens (primary N) is 1. The number of anilines is 1. The van der Waals surface area contributed by atoms with E-state index in [1.165, 1.54) is 6.20 Å². The molecule has 4 nitrogen and oxygen atoms in total. The Bertz CT molecular complexity index is 482. The molecule has 1 aromatic heterocycles. The first kappa shape index (κ1) is 10.0. The third-order valence-corrected chi connectivity index (χ3v) is 2.50. The van der Waals surface area contributed by atoms with Crippen LogP contribution in [0.1, 0.15) is 0 Å². The van der Waals surface area contributed by atoms with Crippen LogP contribution in [-0.4, -0.2) is 12.3 Å². The Morgan fingerprint density at radius 3 is 2.87 bits per heavy atom. The maximum absolute atomic E-state index is 5.71. The summed E-state index contributed by atoms with van der Waals surface area (Å²) in [4.78, 5) is 0. The van der Waals surface area contributed by atoms with Gasteiger partial charge in [0, 0.05) is 4.47 Å². The molecular formula is C10H9BrN2O2. The van der Waals surface area contributed by atoms with Crippen LogP contribution in [0.25, 0.3) is 11.3 Å². The Morgan fingerprint density at radius 1 is 1.47 bits per heavy atom. The number of benzene rings is 1. The number of ether oxygens (including phenoxy) is 1. The molecule has 15 heavy (non-hydrogen) atoms. The van der Waals surface area contributed by atoms with E-state index < -0.39 is 0 Å². The smallest absolute Gasteiger partial charge is 0.193 e. The van der Waals surface area contributed by atoms with Gasteiger partial charge in [-0.2, -0.15) is 0 Å². The number of rotatable bonds is 2. The Labute approximate surface area is 95.1 Å². The van der Waals surface area contributed by atoms with Crippen LogP contribution in [0.4, 0.5) is 5.69 Å². The summed E-state index contributed by atoms with van der Waals surface area (Å²) in [6.45, 7) is 0. The fourth-order valence-corrected chi connectivity index (χ4v) is 1.64. The highest BCUT2D eigenvalue weighted by atomic mass is 79.9. The first-order valence-corrected chi connectivity index (χ1v) is 5.05. The van der Waals surface area contributed by atoms with Gasteiger partial charge >= 0.3 is 0 Å².